The molecule has 2 heterocycles. The van der Waals surface area contributed by atoms with E-state index in [0.717, 1.165) is 11.5 Å². The highest BCUT2D eigenvalue weighted by molar-refractivity contribution is 8.24. The number of para-hydroxylation sites is 1. The van der Waals surface area contributed by atoms with E-state index in [1.54, 1.807) is 6.07 Å². The Morgan fingerprint density at radius 3 is 2.84 bits per heavy atom. The Hall–Kier alpha value is -2.51. The summed E-state index contributed by atoms with van der Waals surface area (Å²) in [5.41, 5.74) is 1.31. The highest BCUT2D eigenvalue weighted by Crippen LogP contribution is 2.42. The zero-order valence-corrected chi connectivity index (χ0v) is 17.5. The monoisotopic (exact) mass is 452 g/mol. The molecule has 0 aliphatic carbocycles. The predicted octanol–water partition coefficient (Wildman–Crippen LogP) is 1.23. The van der Waals surface area contributed by atoms with Crippen molar-refractivity contribution in [2.75, 3.05) is 24.7 Å². The van der Waals surface area contributed by atoms with E-state index in [0.29, 0.717) is 11.1 Å². The van der Waals surface area contributed by atoms with Gasteiger partial charge in [0, 0.05) is 11.9 Å². The quantitative estimate of drug-likeness (QED) is 0.311. The largest absolute Gasteiger partial charge is 0.475 e. The number of fused-ring (bicyclic) bond motifs is 1. The van der Waals surface area contributed by atoms with Crippen molar-refractivity contribution in [2.24, 2.45) is 0 Å². The third-order valence-corrected chi connectivity index (χ3v) is 6.84. The average molecular weight is 452 g/mol. The Morgan fingerprint density at radius 1 is 1.39 bits per heavy atom. The molecule has 1 aromatic heterocycles. The van der Waals surface area contributed by atoms with Gasteiger partial charge in [-0.1, -0.05) is 24.8 Å². The number of hydrogen-bond donors (Lipinski definition) is 5. The molecule has 0 radical (unpaired) electrons. The van der Waals surface area contributed by atoms with Gasteiger partial charge >= 0.3 is 13.2 Å². The van der Waals surface area contributed by atoms with Gasteiger partial charge in [0.2, 0.25) is 5.91 Å². The van der Waals surface area contributed by atoms with Crippen molar-refractivity contribution in [3.63, 3.8) is 0 Å². The summed E-state index contributed by atoms with van der Waals surface area (Å²) in [6, 6.07) is 6.49. The minimum atomic E-state index is -2.88. The summed E-state index contributed by atoms with van der Waals surface area (Å²) >= 11 is 0. The number of carbonyl (C=O) groups excluding carboxylic acids is 2. The molecule has 5 N–H and O–H groups in total. The Bertz CT molecular complexity index is 950. The van der Waals surface area contributed by atoms with E-state index in [1.165, 1.54) is 11.2 Å². The van der Waals surface area contributed by atoms with Crippen molar-refractivity contribution < 1.29 is 37.9 Å². The lowest BCUT2D eigenvalue weighted by atomic mass is 9.76. The Kier molecular flexibility index (Phi) is 7.28. The average Bonchev–Trinajstić information content (AvgIpc) is 3.13. The van der Waals surface area contributed by atoms with E-state index >= 15 is 0 Å². The van der Waals surface area contributed by atoms with Crippen LogP contribution in [0.25, 0.3) is 11.0 Å². The minimum Gasteiger partial charge on any atom is -0.464 e. The second kappa shape index (κ2) is 9.75. The molecule has 1 aromatic carbocycles. The smallest absolute Gasteiger partial charge is 0.464 e. The molecule has 3 rings (SSSR count). The molecule has 2 aromatic rings. The summed E-state index contributed by atoms with van der Waals surface area (Å²) in [5, 5.41) is 22.6. The van der Waals surface area contributed by atoms with Crippen LogP contribution in [0.1, 0.15) is 5.56 Å². The molecule has 0 unspecified atom stereocenters. The molecule has 2 atom stereocenters. The van der Waals surface area contributed by atoms with Crippen LogP contribution < -0.4 is 5.32 Å². The highest BCUT2D eigenvalue weighted by Gasteiger charge is 2.35. The number of hydrogen-bond acceptors (Lipinski definition) is 8. The van der Waals surface area contributed by atoms with Gasteiger partial charge in [-0.3, -0.25) is 13.9 Å². The lowest BCUT2D eigenvalue weighted by Gasteiger charge is -2.45. The van der Waals surface area contributed by atoms with Crippen LogP contribution in [-0.2, 0) is 16.0 Å². The van der Waals surface area contributed by atoms with E-state index in [4.69, 9.17) is 9.15 Å². The van der Waals surface area contributed by atoms with Crippen LogP contribution >= 0.6 is 10.6 Å². The molecule has 0 bridgehead atoms. The lowest BCUT2D eigenvalue weighted by Crippen LogP contribution is -2.53. The number of alkyl carbamates (subject to hydrolysis) is 1. The molecule has 1 aliphatic rings. The first kappa shape index (κ1) is 23.2. The number of nitrogens with zero attached hydrogens (tertiary/aromatic N) is 1. The van der Waals surface area contributed by atoms with Crippen molar-refractivity contribution in [1.82, 2.24) is 10.2 Å². The maximum absolute atomic E-state index is 12.3. The number of nitrogens with one attached hydrogen (secondary N) is 1. The Morgan fingerprint density at radius 2 is 2.13 bits per heavy atom. The first-order valence-electron chi connectivity index (χ1n) is 9.61. The molecule has 168 valence electrons. The van der Waals surface area contributed by atoms with Crippen LogP contribution in [0.3, 0.4) is 0 Å². The van der Waals surface area contributed by atoms with Gasteiger partial charge in [-0.15, -0.1) is 0 Å². The molecule has 1 fully saturated rings. The fourth-order valence-corrected chi connectivity index (χ4v) is 5.03. The zero-order valence-electron chi connectivity index (χ0n) is 16.7. The van der Waals surface area contributed by atoms with Crippen LogP contribution in [0.4, 0.5) is 4.79 Å². The van der Waals surface area contributed by atoms with E-state index in [9.17, 15) is 28.7 Å². The topological polar surface area (TPSA) is 153 Å². The maximum atomic E-state index is 12.3. The molecule has 2 amide bonds. The SMILES string of the molecule is C=CC(=O)N1CCS(O)(O)C[C@@H]1COC(=O)N[C@@H](Cc1coc2ccccc12)B(O)O. The van der Waals surface area contributed by atoms with Crippen molar-refractivity contribution in [3.05, 3.63) is 48.7 Å². The first-order valence-corrected chi connectivity index (χ1v) is 11.5. The zero-order chi connectivity index (χ0) is 22.6. The molecule has 1 aliphatic heterocycles. The third-order valence-electron chi connectivity index (χ3n) is 5.09. The van der Waals surface area contributed by atoms with Crippen molar-refractivity contribution >= 4 is 40.7 Å². The summed E-state index contributed by atoms with van der Waals surface area (Å²) < 4.78 is 30.5. The molecule has 10 nitrogen and oxygen atoms in total. The van der Waals surface area contributed by atoms with Crippen LogP contribution in [0.2, 0.25) is 0 Å². The first-order chi connectivity index (χ1) is 14.7. The van der Waals surface area contributed by atoms with Gasteiger partial charge in [0.15, 0.2) is 0 Å². The number of rotatable bonds is 7. The van der Waals surface area contributed by atoms with Crippen molar-refractivity contribution in [2.45, 2.75) is 18.4 Å². The van der Waals surface area contributed by atoms with E-state index in [-0.39, 0.29) is 31.1 Å². The number of amides is 2. The Balaban J connectivity index is 1.61. The number of furan rings is 1. The normalized spacial score (nSPS) is 20.0. The van der Waals surface area contributed by atoms with Crippen LogP contribution in [0.15, 0.2) is 47.6 Å². The van der Waals surface area contributed by atoms with Gasteiger partial charge in [0.1, 0.15) is 12.2 Å². The standard InChI is InChI=1S/C19H25BN2O8S/c1-2-18(23)22-7-8-31(27,28)12-14(22)11-30-19(24)21-17(20(25)26)9-13-10-29-16-6-4-3-5-15(13)16/h2-6,10,14,17,25-28H,1,7-9,11-12H2,(H,21,24)/t14-,17-/m0/s1. The third kappa shape index (κ3) is 5.80. The van der Waals surface area contributed by atoms with E-state index < -0.39 is 41.7 Å². The molecule has 1 saturated heterocycles. The fraction of sp³-hybridized carbons (Fsp3) is 0.368. The van der Waals surface area contributed by atoms with E-state index in [2.05, 4.69) is 11.9 Å². The van der Waals surface area contributed by atoms with Gasteiger partial charge in [0.25, 0.3) is 0 Å². The van der Waals surface area contributed by atoms with Gasteiger partial charge in [0.05, 0.1) is 29.8 Å². The summed E-state index contributed by atoms with van der Waals surface area (Å²) in [7, 11) is -4.74. The maximum Gasteiger partial charge on any atom is 0.475 e. The molecule has 0 spiro atoms. The van der Waals surface area contributed by atoms with Crippen molar-refractivity contribution in [1.29, 1.82) is 0 Å². The summed E-state index contributed by atoms with van der Waals surface area (Å²) in [5.74, 6) is -1.55. The van der Waals surface area contributed by atoms with Crippen molar-refractivity contribution in [3.8, 4) is 0 Å². The van der Waals surface area contributed by atoms with Crippen LogP contribution in [0, 0.1) is 0 Å². The Labute approximate surface area is 181 Å². The second-order valence-corrected chi connectivity index (χ2v) is 9.63. The fourth-order valence-electron chi connectivity index (χ4n) is 3.48. The van der Waals surface area contributed by atoms with Gasteiger partial charge < -0.3 is 29.4 Å². The van der Waals surface area contributed by atoms with Gasteiger partial charge in [-0.05, 0) is 24.1 Å². The second-order valence-electron chi connectivity index (χ2n) is 7.29. The molecular formula is C19H25BN2O8S. The minimum absolute atomic E-state index is 0.0483. The summed E-state index contributed by atoms with van der Waals surface area (Å²) in [6.07, 6.45) is 1.74. The number of ether oxygens (including phenoxy) is 1. The number of carbonyl (C=O) groups is 2. The summed E-state index contributed by atoms with van der Waals surface area (Å²) in [4.78, 5) is 25.7. The molecule has 12 heteroatoms. The molecular weight excluding hydrogens is 427 g/mol. The summed E-state index contributed by atoms with van der Waals surface area (Å²) in [6.45, 7) is 3.24. The predicted molar refractivity (Wildman–Crippen MR) is 117 cm³/mol. The molecule has 31 heavy (non-hydrogen) atoms. The highest BCUT2D eigenvalue weighted by atomic mass is 32.3. The van der Waals surface area contributed by atoms with Gasteiger partial charge in [-0.2, -0.15) is 10.6 Å². The van der Waals surface area contributed by atoms with Crippen LogP contribution in [-0.4, -0.2) is 79.8 Å². The van der Waals surface area contributed by atoms with E-state index in [1.807, 2.05) is 18.2 Å². The van der Waals surface area contributed by atoms with Crippen LogP contribution in [0.5, 0.6) is 0 Å². The van der Waals surface area contributed by atoms with Gasteiger partial charge in [-0.25, -0.2) is 4.79 Å². The lowest BCUT2D eigenvalue weighted by molar-refractivity contribution is -0.128. The molecule has 0 saturated carbocycles. The number of benzene rings is 1.